The highest BCUT2D eigenvalue weighted by Crippen LogP contribution is 2.25. The van der Waals surface area contributed by atoms with Gasteiger partial charge in [0.2, 0.25) is 0 Å². The van der Waals surface area contributed by atoms with Gasteiger partial charge in [-0.3, -0.25) is 0 Å². The molecule has 2 aromatic rings. The van der Waals surface area contributed by atoms with Gasteiger partial charge in [0.25, 0.3) is 0 Å². The molecule has 114 valence electrons. The molecule has 0 spiro atoms. The van der Waals surface area contributed by atoms with Crippen molar-refractivity contribution in [2.45, 2.75) is 25.1 Å². The van der Waals surface area contributed by atoms with Crippen LogP contribution in [-0.2, 0) is 4.74 Å². The van der Waals surface area contributed by atoms with E-state index in [1.807, 2.05) is 36.4 Å². The molecule has 0 saturated heterocycles. The summed E-state index contributed by atoms with van der Waals surface area (Å²) in [5.41, 5.74) is 0.726. The van der Waals surface area contributed by atoms with Crippen LogP contribution in [0.15, 0.2) is 42.5 Å². The molecule has 1 unspecified atom stereocenters. The molecular weight excluding hydrogens is 281 g/mol. The van der Waals surface area contributed by atoms with Crippen molar-refractivity contribution in [2.75, 3.05) is 13.2 Å². The van der Waals surface area contributed by atoms with E-state index in [0.717, 1.165) is 16.3 Å². The van der Waals surface area contributed by atoms with Crippen molar-refractivity contribution in [3.8, 4) is 0 Å². The summed E-state index contributed by atoms with van der Waals surface area (Å²) in [5.74, 6) is 0. The maximum Gasteiger partial charge on any atom is 0.389 e. The van der Waals surface area contributed by atoms with Crippen molar-refractivity contribution in [3.05, 3.63) is 48.0 Å². The van der Waals surface area contributed by atoms with Crippen molar-refractivity contribution in [1.82, 2.24) is 0 Å². The Bertz CT molecular complexity index is 576. The Morgan fingerprint density at radius 2 is 1.76 bits per heavy atom. The van der Waals surface area contributed by atoms with Gasteiger partial charge in [0.05, 0.1) is 6.61 Å². The van der Waals surface area contributed by atoms with Crippen LogP contribution in [0, 0.1) is 0 Å². The lowest BCUT2D eigenvalue weighted by atomic mass is 10.0. The van der Waals surface area contributed by atoms with Crippen molar-refractivity contribution in [2.24, 2.45) is 0 Å². The van der Waals surface area contributed by atoms with E-state index in [0.29, 0.717) is 0 Å². The zero-order chi connectivity index (χ0) is 15.3. The Hall–Kier alpha value is -1.59. The smallest absolute Gasteiger partial charge is 0.386 e. The normalized spacial score (nSPS) is 13.5. The van der Waals surface area contributed by atoms with E-state index in [4.69, 9.17) is 4.74 Å². The number of hydrogen-bond donors (Lipinski definition) is 1. The van der Waals surface area contributed by atoms with Crippen molar-refractivity contribution >= 4 is 10.8 Å². The Labute approximate surface area is 121 Å². The third kappa shape index (κ3) is 4.72. The molecule has 0 amide bonds. The van der Waals surface area contributed by atoms with E-state index in [-0.39, 0.29) is 19.6 Å². The standard InChI is InChI=1S/C16H17F3O2/c17-16(18,19)9-4-10-21-11-15(20)14-8-3-6-12-5-1-2-7-13(12)14/h1-3,5-8,15,20H,4,9-11H2. The first kappa shape index (κ1) is 15.8. The molecule has 0 heterocycles. The van der Waals surface area contributed by atoms with Gasteiger partial charge in [0.1, 0.15) is 6.10 Å². The number of ether oxygens (including phenoxy) is 1. The summed E-state index contributed by atoms with van der Waals surface area (Å²) in [7, 11) is 0. The SMILES string of the molecule is OC(COCCCC(F)(F)F)c1cccc2ccccc12. The number of halogens is 3. The lowest BCUT2D eigenvalue weighted by molar-refractivity contribution is -0.138. The predicted octanol–water partition coefficient (Wildman–Crippen LogP) is 4.23. The van der Waals surface area contributed by atoms with Crippen LogP contribution in [0.5, 0.6) is 0 Å². The number of hydrogen-bond acceptors (Lipinski definition) is 2. The van der Waals surface area contributed by atoms with Crippen LogP contribution in [0.25, 0.3) is 10.8 Å². The van der Waals surface area contributed by atoms with E-state index in [1.54, 1.807) is 6.07 Å². The molecule has 0 aromatic heterocycles. The molecule has 0 bridgehead atoms. The van der Waals surface area contributed by atoms with Gasteiger partial charge in [-0.25, -0.2) is 0 Å². The minimum absolute atomic E-state index is 0.00807. The molecule has 0 radical (unpaired) electrons. The second kappa shape index (κ2) is 6.91. The summed E-state index contributed by atoms with van der Waals surface area (Å²) in [6, 6.07) is 13.2. The second-order valence-electron chi connectivity index (χ2n) is 4.88. The quantitative estimate of drug-likeness (QED) is 0.809. The topological polar surface area (TPSA) is 29.5 Å². The van der Waals surface area contributed by atoms with Gasteiger partial charge < -0.3 is 9.84 Å². The summed E-state index contributed by atoms with van der Waals surface area (Å²) in [4.78, 5) is 0. The molecule has 0 aliphatic carbocycles. The first-order valence-corrected chi connectivity index (χ1v) is 6.77. The zero-order valence-electron chi connectivity index (χ0n) is 11.4. The summed E-state index contributed by atoms with van der Waals surface area (Å²) in [6.07, 6.45) is -5.96. The van der Waals surface area contributed by atoms with Gasteiger partial charge in [0, 0.05) is 13.0 Å². The van der Waals surface area contributed by atoms with Gasteiger partial charge in [-0.2, -0.15) is 13.2 Å². The first-order chi connectivity index (χ1) is 9.97. The summed E-state index contributed by atoms with van der Waals surface area (Å²) < 4.78 is 41.1. The molecule has 1 N–H and O–H groups in total. The van der Waals surface area contributed by atoms with Crippen molar-refractivity contribution in [3.63, 3.8) is 0 Å². The van der Waals surface area contributed by atoms with Crippen LogP contribution in [0.4, 0.5) is 13.2 Å². The molecule has 2 rings (SSSR count). The van der Waals surface area contributed by atoms with Gasteiger partial charge in [-0.05, 0) is 22.8 Å². The highest BCUT2D eigenvalue weighted by molar-refractivity contribution is 5.85. The van der Waals surface area contributed by atoms with Crippen LogP contribution in [0.1, 0.15) is 24.5 Å². The molecule has 2 nitrogen and oxygen atoms in total. The average Bonchev–Trinajstić information content (AvgIpc) is 2.45. The number of aliphatic hydroxyl groups excluding tert-OH is 1. The van der Waals surface area contributed by atoms with Crippen LogP contribution in [0.2, 0.25) is 0 Å². The van der Waals surface area contributed by atoms with Gasteiger partial charge in [-0.15, -0.1) is 0 Å². The minimum Gasteiger partial charge on any atom is -0.386 e. The number of rotatable bonds is 6. The van der Waals surface area contributed by atoms with Gasteiger partial charge >= 0.3 is 6.18 Å². The highest BCUT2D eigenvalue weighted by atomic mass is 19.4. The maximum atomic E-state index is 12.0. The monoisotopic (exact) mass is 298 g/mol. The molecule has 5 heteroatoms. The summed E-state index contributed by atoms with van der Waals surface area (Å²) >= 11 is 0. The highest BCUT2D eigenvalue weighted by Gasteiger charge is 2.26. The van der Waals surface area contributed by atoms with Gasteiger partial charge in [0.15, 0.2) is 0 Å². The Morgan fingerprint density at radius 1 is 1.05 bits per heavy atom. The predicted molar refractivity (Wildman–Crippen MR) is 75.0 cm³/mol. The summed E-state index contributed by atoms with van der Waals surface area (Å²) in [6.45, 7) is -0.0206. The van der Waals surface area contributed by atoms with E-state index in [2.05, 4.69) is 0 Å². The van der Waals surface area contributed by atoms with Crippen molar-refractivity contribution < 1.29 is 23.0 Å². The molecule has 1 atom stereocenters. The number of fused-ring (bicyclic) bond motifs is 1. The molecule has 2 aromatic carbocycles. The maximum absolute atomic E-state index is 12.0. The largest absolute Gasteiger partial charge is 0.389 e. The van der Waals surface area contributed by atoms with E-state index < -0.39 is 18.7 Å². The van der Waals surface area contributed by atoms with E-state index >= 15 is 0 Å². The zero-order valence-corrected chi connectivity index (χ0v) is 11.4. The number of aliphatic hydroxyl groups is 1. The lowest BCUT2D eigenvalue weighted by Gasteiger charge is -2.14. The minimum atomic E-state index is -4.16. The van der Waals surface area contributed by atoms with Crippen LogP contribution >= 0.6 is 0 Å². The number of alkyl halides is 3. The molecular formula is C16H17F3O2. The second-order valence-corrected chi connectivity index (χ2v) is 4.88. The fraction of sp³-hybridized carbons (Fsp3) is 0.375. The fourth-order valence-corrected chi connectivity index (χ4v) is 2.20. The van der Waals surface area contributed by atoms with E-state index in [1.165, 1.54) is 0 Å². The van der Waals surface area contributed by atoms with Crippen LogP contribution < -0.4 is 0 Å². The lowest BCUT2D eigenvalue weighted by Crippen LogP contribution is -2.12. The Kier molecular flexibility index (Phi) is 5.20. The Balaban J connectivity index is 1.89. The number of benzene rings is 2. The van der Waals surface area contributed by atoms with Gasteiger partial charge in [-0.1, -0.05) is 42.5 Å². The van der Waals surface area contributed by atoms with Crippen molar-refractivity contribution in [1.29, 1.82) is 0 Å². The first-order valence-electron chi connectivity index (χ1n) is 6.77. The third-order valence-corrected chi connectivity index (χ3v) is 3.21. The van der Waals surface area contributed by atoms with Crippen LogP contribution in [-0.4, -0.2) is 24.5 Å². The third-order valence-electron chi connectivity index (χ3n) is 3.21. The average molecular weight is 298 g/mol. The molecule has 0 fully saturated rings. The summed E-state index contributed by atoms with van der Waals surface area (Å²) in [5, 5.41) is 12.1. The molecule has 0 aliphatic heterocycles. The van der Waals surface area contributed by atoms with Crippen LogP contribution in [0.3, 0.4) is 0 Å². The van der Waals surface area contributed by atoms with E-state index in [9.17, 15) is 18.3 Å². The molecule has 21 heavy (non-hydrogen) atoms. The Morgan fingerprint density at radius 3 is 2.52 bits per heavy atom. The molecule has 0 aliphatic rings. The fourth-order valence-electron chi connectivity index (χ4n) is 2.20. The molecule has 0 saturated carbocycles.